The number of benzene rings is 1. The minimum Gasteiger partial charge on any atom is -0.354 e. The summed E-state index contributed by atoms with van der Waals surface area (Å²) in [6.07, 6.45) is 11.4. The highest BCUT2D eigenvalue weighted by atomic mass is 15.2. The number of aromatic nitrogens is 3. The zero-order chi connectivity index (χ0) is 19.5. The molecule has 2 aliphatic heterocycles. The first-order valence-electron chi connectivity index (χ1n) is 11.5. The lowest BCUT2D eigenvalue weighted by Crippen LogP contribution is -2.27. The van der Waals surface area contributed by atoms with Crippen LogP contribution >= 0.6 is 0 Å². The molecule has 2 saturated carbocycles. The predicted molar refractivity (Wildman–Crippen MR) is 115 cm³/mol. The van der Waals surface area contributed by atoms with Gasteiger partial charge in [-0.3, -0.25) is 0 Å². The smallest absolute Gasteiger partial charge is 0.226 e. The van der Waals surface area contributed by atoms with E-state index in [1.165, 1.54) is 63.5 Å². The molecule has 4 aliphatic rings. The van der Waals surface area contributed by atoms with Gasteiger partial charge in [0.2, 0.25) is 5.95 Å². The number of fused-ring (bicyclic) bond motifs is 7. The maximum absolute atomic E-state index is 4.98. The Bertz CT molecular complexity index is 931. The van der Waals surface area contributed by atoms with Crippen LogP contribution in [0.15, 0.2) is 24.3 Å². The van der Waals surface area contributed by atoms with Crippen molar-refractivity contribution in [3.05, 3.63) is 35.7 Å². The highest BCUT2D eigenvalue weighted by molar-refractivity contribution is 5.59. The Morgan fingerprint density at radius 3 is 2.59 bits per heavy atom. The maximum atomic E-state index is 4.98. The minimum atomic E-state index is 0.200. The lowest BCUT2D eigenvalue weighted by atomic mass is 9.84. The average Bonchev–Trinajstić information content (AvgIpc) is 3.65. The van der Waals surface area contributed by atoms with E-state index in [-0.39, 0.29) is 5.41 Å². The molecule has 0 radical (unpaired) electrons. The maximum Gasteiger partial charge on any atom is 0.226 e. The summed E-state index contributed by atoms with van der Waals surface area (Å²) in [4.78, 5) is 17.2. The summed E-state index contributed by atoms with van der Waals surface area (Å²) in [6.45, 7) is 2.15. The molecule has 2 aliphatic carbocycles. The van der Waals surface area contributed by atoms with Crippen molar-refractivity contribution in [3.8, 4) is 11.4 Å². The van der Waals surface area contributed by atoms with Crippen molar-refractivity contribution in [1.29, 1.82) is 0 Å². The molecule has 1 unspecified atom stereocenters. The summed E-state index contributed by atoms with van der Waals surface area (Å²) >= 11 is 0. The molecule has 5 nitrogen and oxygen atoms in total. The summed E-state index contributed by atoms with van der Waals surface area (Å²) in [5.74, 6) is 2.65. The molecule has 4 bridgehead atoms. The van der Waals surface area contributed by atoms with Crippen molar-refractivity contribution in [3.63, 3.8) is 0 Å². The van der Waals surface area contributed by atoms with Crippen LogP contribution in [0, 0.1) is 0 Å². The number of hydrogen-bond acceptors (Lipinski definition) is 5. The van der Waals surface area contributed by atoms with Gasteiger partial charge in [-0.1, -0.05) is 18.2 Å². The Kier molecular flexibility index (Phi) is 3.99. The SMILES string of the molecule is CN1CCCC1CCNc1nc2nc(n1)C1(CCC3(CC3)c3cccc-2c3)CC1. The van der Waals surface area contributed by atoms with E-state index in [0.717, 1.165) is 36.1 Å². The van der Waals surface area contributed by atoms with E-state index in [2.05, 4.69) is 41.5 Å². The first kappa shape index (κ1) is 17.8. The molecule has 152 valence electrons. The molecule has 1 aromatic carbocycles. The number of hydrogen-bond donors (Lipinski definition) is 1. The zero-order valence-electron chi connectivity index (χ0n) is 17.5. The van der Waals surface area contributed by atoms with Gasteiger partial charge in [0.1, 0.15) is 5.82 Å². The largest absolute Gasteiger partial charge is 0.354 e. The van der Waals surface area contributed by atoms with Crippen molar-refractivity contribution < 1.29 is 0 Å². The van der Waals surface area contributed by atoms with Gasteiger partial charge in [-0.2, -0.15) is 9.97 Å². The lowest BCUT2D eigenvalue weighted by Gasteiger charge is -2.23. The quantitative estimate of drug-likeness (QED) is 0.845. The molecule has 1 N–H and O–H groups in total. The van der Waals surface area contributed by atoms with Gasteiger partial charge in [0, 0.05) is 23.6 Å². The first-order chi connectivity index (χ1) is 14.2. The summed E-state index contributed by atoms with van der Waals surface area (Å²) in [6, 6.07) is 9.70. The van der Waals surface area contributed by atoms with Gasteiger partial charge in [-0.05, 0) is 88.4 Å². The molecular weight excluding hydrogens is 358 g/mol. The number of rotatable bonds is 4. The highest BCUT2D eigenvalue weighted by Gasteiger charge is 2.52. The molecule has 1 atom stereocenters. The molecule has 1 saturated heterocycles. The van der Waals surface area contributed by atoms with E-state index >= 15 is 0 Å². The fourth-order valence-corrected chi connectivity index (χ4v) is 5.55. The van der Waals surface area contributed by atoms with Crippen LogP contribution in [0.3, 0.4) is 0 Å². The summed E-state index contributed by atoms with van der Waals surface area (Å²) in [5.41, 5.74) is 3.25. The van der Waals surface area contributed by atoms with Crippen molar-refractivity contribution in [1.82, 2.24) is 19.9 Å². The molecule has 3 heterocycles. The normalized spacial score (nSPS) is 25.9. The van der Waals surface area contributed by atoms with Crippen LogP contribution in [0.2, 0.25) is 0 Å². The molecule has 2 spiro atoms. The first-order valence-corrected chi connectivity index (χ1v) is 11.5. The van der Waals surface area contributed by atoms with E-state index < -0.39 is 0 Å². The van der Waals surface area contributed by atoms with Crippen LogP contribution in [-0.4, -0.2) is 46.0 Å². The van der Waals surface area contributed by atoms with Gasteiger partial charge in [-0.15, -0.1) is 0 Å². The second-order valence-corrected chi connectivity index (χ2v) is 9.94. The van der Waals surface area contributed by atoms with E-state index in [1.807, 2.05) is 0 Å². The highest BCUT2D eigenvalue weighted by Crippen LogP contribution is 2.58. The minimum absolute atomic E-state index is 0.200. The van der Waals surface area contributed by atoms with Crippen molar-refractivity contribution >= 4 is 5.95 Å². The fourth-order valence-electron chi connectivity index (χ4n) is 5.55. The van der Waals surface area contributed by atoms with E-state index in [0.29, 0.717) is 11.5 Å². The molecule has 0 amide bonds. The molecule has 5 heteroatoms. The molecule has 29 heavy (non-hydrogen) atoms. The van der Waals surface area contributed by atoms with Gasteiger partial charge in [-0.25, -0.2) is 4.98 Å². The number of nitrogens with one attached hydrogen (secondary N) is 1. The second kappa shape index (κ2) is 6.49. The van der Waals surface area contributed by atoms with Crippen molar-refractivity contribution in [2.24, 2.45) is 0 Å². The summed E-state index contributed by atoms with van der Waals surface area (Å²) in [5, 5.41) is 3.54. The third-order valence-corrected chi connectivity index (χ3v) is 8.06. The Balaban J connectivity index is 1.31. The van der Waals surface area contributed by atoms with E-state index in [1.54, 1.807) is 0 Å². The zero-order valence-corrected chi connectivity index (χ0v) is 17.5. The standard InChI is InChI=1S/C24H31N5/c1-29-15-3-6-19(29)7-14-25-22-27-20-17-4-2-5-18(16-17)23(8-9-23)10-11-24(12-13-24)21(26-20)28-22/h2,4-5,16,19H,3,6-15H2,1H3,(H,25,26,27,28). The summed E-state index contributed by atoms with van der Waals surface area (Å²) < 4.78 is 0. The van der Waals surface area contributed by atoms with Gasteiger partial charge in [0.05, 0.1) is 0 Å². The third kappa shape index (κ3) is 3.14. The van der Waals surface area contributed by atoms with Gasteiger partial charge >= 0.3 is 0 Å². The molecule has 6 rings (SSSR count). The molecule has 3 fully saturated rings. The average molecular weight is 390 g/mol. The fraction of sp³-hybridized carbons (Fsp3) is 0.625. The number of anilines is 1. The topological polar surface area (TPSA) is 53.9 Å². The lowest BCUT2D eigenvalue weighted by molar-refractivity contribution is 0.301. The Morgan fingerprint density at radius 2 is 1.83 bits per heavy atom. The number of likely N-dealkylation sites (tertiary alicyclic amines) is 1. The van der Waals surface area contributed by atoms with E-state index in [4.69, 9.17) is 15.0 Å². The van der Waals surface area contributed by atoms with Crippen LogP contribution in [0.5, 0.6) is 0 Å². The van der Waals surface area contributed by atoms with Crippen LogP contribution in [0.25, 0.3) is 11.4 Å². The second-order valence-electron chi connectivity index (χ2n) is 9.94. The van der Waals surface area contributed by atoms with Crippen molar-refractivity contribution in [2.45, 2.75) is 74.7 Å². The molecule has 2 aromatic rings. The Labute approximate surface area is 173 Å². The molecular formula is C24H31N5. The van der Waals surface area contributed by atoms with Gasteiger partial charge < -0.3 is 10.2 Å². The predicted octanol–water partition coefficient (Wildman–Crippen LogP) is 4.29. The van der Waals surface area contributed by atoms with Crippen LogP contribution in [0.4, 0.5) is 5.95 Å². The van der Waals surface area contributed by atoms with Gasteiger partial charge in [0.25, 0.3) is 0 Å². The van der Waals surface area contributed by atoms with Gasteiger partial charge in [0.15, 0.2) is 5.82 Å². The Hall–Kier alpha value is -2.01. The monoisotopic (exact) mass is 389 g/mol. The van der Waals surface area contributed by atoms with Crippen molar-refractivity contribution in [2.75, 3.05) is 25.5 Å². The Morgan fingerprint density at radius 1 is 1.03 bits per heavy atom. The van der Waals surface area contributed by atoms with E-state index in [9.17, 15) is 0 Å². The summed E-state index contributed by atoms with van der Waals surface area (Å²) in [7, 11) is 2.24. The number of nitrogens with zero attached hydrogens (tertiary/aromatic N) is 4. The third-order valence-electron chi connectivity index (χ3n) is 8.06. The van der Waals surface area contributed by atoms with Crippen LogP contribution in [-0.2, 0) is 10.8 Å². The van der Waals surface area contributed by atoms with Crippen LogP contribution < -0.4 is 5.32 Å². The van der Waals surface area contributed by atoms with Crippen LogP contribution in [0.1, 0.15) is 69.2 Å². The molecule has 1 aromatic heterocycles.